The zero-order valence-electron chi connectivity index (χ0n) is 22.3. The van der Waals surface area contributed by atoms with Gasteiger partial charge in [0.05, 0.1) is 13.7 Å². The van der Waals surface area contributed by atoms with Crippen LogP contribution in [0, 0.1) is 11.8 Å². The van der Waals surface area contributed by atoms with Crippen LogP contribution in [0.3, 0.4) is 0 Å². The van der Waals surface area contributed by atoms with E-state index in [-0.39, 0.29) is 13.2 Å². The second kappa shape index (κ2) is 16.1. The van der Waals surface area contributed by atoms with Crippen molar-refractivity contribution < 1.29 is 19.7 Å². The van der Waals surface area contributed by atoms with E-state index in [2.05, 4.69) is 29.5 Å². The normalized spacial score (nSPS) is 20.5. The van der Waals surface area contributed by atoms with Crippen molar-refractivity contribution in [3.63, 3.8) is 0 Å². The van der Waals surface area contributed by atoms with E-state index in [0.717, 1.165) is 38.2 Å². The van der Waals surface area contributed by atoms with Crippen LogP contribution < -0.4 is 0 Å². The van der Waals surface area contributed by atoms with Crippen LogP contribution in [-0.2, 0) is 9.53 Å². The molecule has 0 aromatic heterocycles. The lowest BCUT2D eigenvalue weighted by molar-refractivity contribution is -0.104. The van der Waals surface area contributed by atoms with Crippen molar-refractivity contribution in [1.82, 2.24) is 9.80 Å². The van der Waals surface area contributed by atoms with Gasteiger partial charge < -0.3 is 19.8 Å². The Labute approximate surface area is 222 Å². The van der Waals surface area contributed by atoms with Crippen molar-refractivity contribution in [3.05, 3.63) is 59.1 Å². The minimum absolute atomic E-state index is 0.135. The van der Waals surface area contributed by atoms with E-state index in [1.54, 1.807) is 14.0 Å². The Bertz CT molecular complexity index is 832. The summed E-state index contributed by atoms with van der Waals surface area (Å²) >= 11 is 6.38. The maximum Gasteiger partial charge on any atom is 0.143 e. The Balaban J connectivity index is 0.00000145. The highest BCUT2D eigenvalue weighted by molar-refractivity contribution is 6.19. The number of nitrogens with zero attached hydrogens (tertiary/aromatic N) is 2. The highest BCUT2D eigenvalue weighted by Gasteiger charge is 2.34. The van der Waals surface area contributed by atoms with Crippen molar-refractivity contribution >= 4 is 17.9 Å². The first-order valence-corrected chi connectivity index (χ1v) is 13.7. The molecule has 0 unspecified atom stereocenters. The predicted octanol–water partition coefficient (Wildman–Crippen LogP) is 4.45. The standard InChI is InChI=1S/C27H39ClN2O3.C2H6O/c1-20(33-3)24(16-26(22-4-5-22)27(17-28)23-6-7-23)18-30-13-9-25(10-14-30)29(2)12-8-21(19-32)11-15-31;1-2-3/h8,11-12,15-16,22-23,25,32H,1,4-7,9-10,13-14,17-19H2,2-3H3;3H,2H2,1H3/b12-8-,21-11+,24-16-,27-26-;. The zero-order valence-corrected chi connectivity index (χ0v) is 23.1. The topological polar surface area (TPSA) is 73.2 Å². The average Bonchev–Trinajstić information content (AvgIpc) is 3.80. The predicted molar refractivity (Wildman–Crippen MR) is 148 cm³/mol. The lowest BCUT2D eigenvalue weighted by Crippen LogP contribution is -2.42. The maximum atomic E-state index is 10.6. The molecule has 6 nitrogen and oxygen atoms in total. The summed E-state index contributed by atoms with van der Waals surface area (Å²) in [5.41, 5.74) is 4.67. The molecule has 202 valence electrons. The summed E-state index contributed by atoms with van der Waals surface area (Å²) in [5, 5.41) is 16.9. The van der Waals surface area contributed by atoms with Gasteiger partial charge in [0.15, 0.2) is 0 Å². The highest BCUT2D eigenvalue weighted by atomic mass is 35.5. The first-order chi connectivity index (χ1) is 17.4. The molecule has 0 spiro atoms. The fraction of sp³-hybridized carbons (Fsp3) is 0.621. The van der Waals surface area contributed by atoms with Gasteiger partial charge in [0.1, 0.15) is 12.0 Å². The second-order valence-corrected chi connectivity index (χ2v) is 10.1. The lowest BCUT2D eigenvalue weighted by Gasteiger charge is -2.36. The molecule has 2 N–H and O–H groups in total. The van der Waals surface area contributed by atoms with Gasteiger partial charge in [-0.2, -0.15) is 0 Å². The molecule has 2 aliphatic carbocycles. The zero-order chi connectivity index (χ0) is 26.5. The van der Waals surface area contributed by atoms with Crippen molar-refractivity contribution in [2.45, 2.75) is 51.5 Å². The summed E-state index contributed by atoms with van der Waals surface area (Å²) < 4.78 is 5.58. The average molecular weight is 521 g/mol. The van der Waals surface area contributed by atoms with Gasteiger partial charge in [0.2, 0.25) is 0 Å². The Morgan fingerprint density at radius 2 is 1.75 bits per heavy atom. The number of aliphatic hydroxyl groups is 2. The summed E-state index contributed by atoms with van der Waals surface area (Å²) in [6.45, 7) is 8.82. The molecule has 0 atom stereocenters. The molecule has 7 heteroatoms. The number of rotatable bonds is 13. The van der Waals surface area contributed by atoms with E-state index in [1.807, 2.05) is 12.3 Å². The van der Waals surface area contributed by atoms with E-state index in [4.69, 9.17) is 21.4 Å². The van der Waals surface area contributed by atoms with Gasteiger partial charge >= 0.3 is 0 Å². The molecule has 36 heavy (non-hydrogen) atoms. The van der Waals surface area contributed by atoms with Gasteiger partial charge in [-0.05, 0) is 92.4 Å². The van der Waals surface area contributed by atoms with Crippen LogP contribution >= 0.6 is 11.6 Å². The number of aliphatic hydroxyl groups excluding tert-OH is 2. The quantitative estimate of drug-likeness (QED) is 0.123. The Morgan fingerprint density at radius 1 is 1.14 bits per heavy atom. The molecule has 0 bridgehead atoms. The lowest BCUT2D eigenvalue weighted by atomic mass is 9.97. The van der Waals surface area contributed by atoms with E-state index in [9.17, 15) is 9.90 Å². The van der Waals surface area contributed by atoms with Crippen LogP contribution in [0.1, 0.15) is 45.4 Å². The molecule has 1 heterocycles. The monoisotopic (exact) mass is 520 g/mol. The van der Waals surface area contributed by atoms with Crippen LogP contribution in [0.4, 0.5) is 0 Å². The van der Waals surface area contributed by atoms with Gasteiger partial charge in [0.25, 0.3) is 0 Å². The molecule has 0 aromatic rings. The van der Waals surface area contributed by atoms with Crippen molar-refractivity contribution in [2.75, 3.05) is 52.9 Å². The van der Waals surface area contributed by atoms with Crippen LogP contribution in [0.15, 0.2) is 59.1 Å². The number of methoxy groups -OCH3 is 1. The molecule has 2 saturated carbocycles. The van der Waals surface area contributed by atoms with Crippen LogP contribution in [0.5, 0.6) is 0 Å². The van der Waals surface area contributed by atoms with Crippen LogP contribution in [0.2, 0.25) is 0 Å². The first kappa shape index (κ1) is 30.4. The van der Waals surface area contributed by atoms with Crippen LogP contribution in [-0.4, -0.2) is 85.2 Å². The molecule has 3 fully saturated rings. The van der Waals surface area contributed by atoms with Crippen molar-refractivity contribution in [1.29, 1.82) is 0 Å². The number of hydrogen-bond acceptors (Lipinski definition) is 6. The van der Waals surface area contributed by atoms with E-state index in [1.165, 1.54) is 48.5 Å². The molecule has 1 aliphatic heterocycles. The summed E-state index contributed by atoms with van der Waals surface area (Å²) in [5.74, 6) is 2.71. The Hall–Kier alpha value is -1.86. The van der Waals surface area contributed by atoms with Crippen molar-refractivity contribution in [2.24, 2.45) is 11.8 Å². The molecular formula is C29H45ClN2O4. The number of piperidine rings is 1. The number of halogens is 1. The van der Waals surface area contributed by atoms with Gasteiger partial charge in [-0.15, -0.1) is 11.6 Å². The minimum atomic E-state index is -0.135. The molecular weight excluding hydrogens is 476 g/mol. The number of aldehydes is 1. The highest BCUT2D eigenvalue weighted by Crippen LogP contribution is 2.46. The number of alkyl halides is 1. The van der Waals surface area contributed by atoms with E-state index < -0.39 is 0 Å². The van der Waals surface area contributed by atoms with E-state index in [0.29, 0.717) is 35.6 Å². The van der Waals surface area contributed by atoms with Gasteiger partial charge in [0, 0.05) is 50.8 Å². The third-order valence-corrected chi connectivity index (χ3v) is 7.34. The molecule has 3 aliphatic rings. The Morgan fingerprint density at radius 3 is 2.22 bits per heavy atom. The largest absolute Gasteiger partial charge is 0.497 e. The molecule has 0 radical (unpaired) electrons. The number of ether oxygens (including phenoxy) is 1. The second-order valence-electron chi connectivity index (χ2n) is 9.80. The Kier molecular flexibility index (Phi) is 13.6. The molecule has 3 rings (SSSR count). The van der Waals surface area contributed by atoms with Crippen LogP contribution in [0.25, 0.3) is 0 Å². The fourth-order valence-corrected chi connectivity index (χ4v) is 4.94. The third kappa shape index (κ3) is 9.89. The number of carbonyl (C=O) groups is 1. The van der Waals surface area contributed by atoms with Gasteiger partial charge in [-0.25, -0.2) is 0 Å². The van der Waals surface area contributed by atoms with E-state index >= 15 is 0 Å². The molecule has 1 saturated heterocycles. The molecule has 0 aromatic carbocycles. The van der Waals surface area contributed by atoms with Crippen molar-refractivity contribution in [3.8, 4) is 0 Å². The fourth-order valence-electron chi connectivity index (χ4n) is 4.56. The minimum Gasteiger partial charge on any atom is -0.497 e. The maximum absolute atomic E-state index is 10.6. The molecule has 0 amide bonds. The summed E-state index contributed by atoms with van der Waals surface area (Å²) in [6, 6.07) is 0.436. The first-order valence-electron chi connectivity index (χ1n) is 13.1. The third-order valence-electron chi connectivity index (χ3n) is 7.05. The van der Waals surface area contributed by atoms with Gasteiger partial charge in [-0.3, -0.25) is 9.69 Å². The SMILES string of the molecule is C=C(OC)/C(=C\C(=C(/CCl)C1CC1)C1CC1)CN1CCC(N(C)/C=C\C(=C/C=O)CO)CC1.CCO. The number of hydrogen-bond donors (Lipinski definition) is 2. The smallest absolute Gasteiger partial charge is 0.143 e. The summed E-state index contributed by atoms with van der Waals surface area (Å²) in [6.07, 6.45) is 15.4. The summed E-state index contributed by atoms with van der Waals surface area (Å²) in [4.78, 5) is 15.3. The number of likely N-dealkylation sites (tertiary alicyclic amines) is 1. The number of allylic oxidation sites excluding steroid dienone is 4. The summed E-state index contributed by atoms with van der Waals surface area (Å²) in [7, 11) is 3.76. The number of carbonyl (C=O) groups excluding carboxylic acids is 1. The van der Waals surface area contributed by atoms with Gasteiger partial charge in [-0.1, -0.05) is 12.7 Å².